The van der Waals surface area contributed by atoms with E-state index in [1.807, 2.05) is 30.7 Å². The molecule has 7 heteroatoms. The fourth-order valence-electron chi connectivity index (χ4n) is 3.82. The largest absolute Gasteiger partial charge is 0.494 e. The molecule has 0 saturated heterocycles. The van der Waals surface area contributed by atoms with Crippen molar-refractivity contribution in [2.45, 2.75) is 69.6 Å². The summed E-state index contributed by atoms with van der Waals surface area (Å²) in [4.78, 5) is 26.2. The van der Waals surface area contributed by atoms with Gasteiger partial charge in [-0.3, -0.25) is 9.59 Å². The number of hydrogen-bond donors (Lipinski definition) is 2. The van der Waals surface area contributed by atoms with Crippen LogP contribution in [0.5, 0.6) is 5.75 Å². The minimum Gasteiger partial charge on any atom is -0.494 e. The lowest BCUT2D eigenvalue weighted by atomic mass is 10.1. The van der Waals surface area contributed by atoms with Crippen LogP contribution in [0.4, 0.5) is 5.69 Å². The maximum atomic E-state index is 12.9. The summed E-state index contributed by atoms with van der Waals surface area (Å²) in [6.07, 6.45) is 15.5. The Hall–Kier alpha value is -2.12. The van der Waals surface area contributed by atoms with Crippen molar-refractivity contribution < 1.29 is 14.3 Å². The van der Waals surface area contributed by atoms with E-state index in [0.29, 0.717) is 30.0 Å². The van der Waals surface area contributed by atoms with Crippen LogP contribution in [0.2, 0.25) is 0 Å². The van der Waals surface area contributed by atoms with Gasteiger partial charge in [-0.2, -0.15) is 11.8 Å². The highest BCUT2D eigenvalue weighted by molar-refractivity contribution is 7.98. The molecule has 2 rings (SSSR count). The summed E-state index contributed by atoms with van der Waals surface area (Å²) in [5.41, 5.74) is 1.72. The van der Waals surface area contributed by atoms with Crippen LogP contribution in [0.3, 0.4) is 0 Å². The minimum absolute atomic E-state index is 0.138. The first kappa shape index (κ1) is 30.1. The zero-order valence-electron chi connectivity index (χ0n) is 22.1. The molecule has 198 valence electrons. The molecule has 5 nitrogen and oxygen atoms in total. The van der Waals surface area contributed by atoms with Gasteiger partial charge in [0.1, 0.15) is 5.75 Å². The number of unbranched alkanes of at least 4 members (excludes halogenated alkanes) is 8. The van der Waals surface area contributed by atoms with E-state index in [9.17, 15) is 9.59 Å². The predicted molar refractivity (Wildman–Crippen MR) is 156 cm³/mol. The zero-order chi connectivity index (χ0) is 26.0. The molecule has 2 amide bonds. The van der Waals surface area contributed by atoms with Gasteiger partial charge < -0.3 is 15.4 Å². The van der Waals surface area contributed by atoms with Gasteiger partial charge in [-0.05, 0) is 61.4 Å². The summed E-state index contributed by atoms with van der Waals surface area (Å²) in [6, 6.07) is 12.6. The topological polar surface area (TPSA) is 67.4 Å². The van der Waals surface area contributed by atoms with E-state index in [1.54, 1.807) is 36.0 Å². The molecule has 0 aromatic heterocycles. The first-order chi connectivity index (χ1) is 17.6. The van der Waals surface area contributed by atoms with Crippen molar-refractivity contribution in [3.63, 3.8) is 0 Å². The molecule has 0 bridgehead atoms. The van der Waals surface area contributed by atoms with Gasteiger partial charge in [0.25, 0.3) is 11.8 Å². The van der Waals surface area contributed by atoms with Crippen LogP contribution in [0.25, 0.3) is 0 Å². The summed E-state index contributed by atoms with van der Waals surface area (Å²) in [7, 11) is 0. The normalized spacial score (nSPS) is 10.8. The number of hydrogen-bond acceptors (Lipinski definition) is 5. The molecule has 0 atom stereocenters. The maximum Gasteiger partial charge on any atom is 0.255 e. The molecule has 0 saturated carbocycles. The predicted octanol–water partition coefficient (Wildman–Crippen LogP) is 7.66. The Morgan fingerprint density at radius 3 is 2.08 bits per heavy atom. The Morgan fingerprint density at radius 2 is 1.44 bits per heavy atom. The number of benzene rings is 2. The van der Waals surface area contributed by atoms with E-state index in [4.69, 9.17) is 4.74 Å². The molecule has 0 radical (unpaired) electrons. The molecule has 2 N–H and O–H groups in total. The highest BCUT2D eigenvalue weighted by atomic mass is 32.2. The highest BCUT2D eigenvalue weighted by Crippen LogP contribution is 2.27. The fourth-order valence-corrected chi connectivity index (χ4v) is 4.66. The smallest absolute Gasteiger partial charge is 0.255 e. The summed E-state index contributed by atoms with van der Waals surface area (Å²) >= 11 is 3.21. The summed E-state index contributed by atoms with van der Waals surface area (Å²) in [5.74, 6) is 1.29. The molecule has 0 fully saturated rings. The van der Waals surface area contributed by atoms with E-state index in [1.165, 1.54) is 63.1 Å². The van der Waals surface area contributed by atoms with Gasteiger partial charge in [-0.25, -0.2) is 0 Å². The summed E-state index contributed by atoms with van der Waals surface area (Å²) in [6.45, 7) is 3.56. The van der Waals surface area contributed by atoms with E-state index in [-0.39, 0.29) is 11.8 Å². The number of anilines is 1. The molecule has 2 aromatic rings. The van der Waals surface area contributed by atoms with Crippen LogP contribution in [-0.4, -0.2) is 43.2 Å². The lowest BCUT2D eigenvalue weighted by Crippen LogP contribution is -2.25. The van der Waals surface area contributed by atoms with E-state index >= 15 is 0 Å². The Labute approximate surface area is 225 Å². The Balaban J connectivity index is 1.80. The third-order valence-corrected chi connectivity index (χ3v) is 7.34. The van der Waals surface area contributed by atoms with Gasteiger partial charge in [0.15, 0.2) is 0 Å². The van der Waals surface area contributed by atoms with Crippen LogP contribution >= 0.6 is 23.5 Å². The van der Waals surface area contributed by atoms with Crippen molar-refractivity contribution in [1.29, 1.82) is 0 Å². The molecule has 0 aliphatic rings. The van der Waals surface area contributed by atoms with Crippen molar-refractivity contribution in [3.8, 4) is 5.75 Å². The molecule has 0 unspecified atom stereocenters. The maximum absolute atomic E-state index is 12.9. The first-order valence-corrected chi connectivity index (χ1v) is 15.7. The van der Waals surface area contributed by atoms with E-state index < -0.39 is 0 Å². The Kier molecular flexibility index (Phi) is 15.2. The fraction of sp³-hybridized carbons (Fsp3) is 0.517. The van der Waals surface area contributed by atoms with Gasteiger partial charge in [-0.15, -0.1) is 11.8 Å². The van der Waals surface area contributed by atoms with Crippen LogP contribution in [-0.2, 0) is 0 Å². The summed E-state index contributed by atoms with van der Waals surface area (Å²) < 4.78 is 5.86. The number of carbonyl (C=O) groups is 2. The van der Waals surface area contributed by atoms with Crippen molar-refractivity contribution in [3.05, 3.63) is 53.6 Å². The van der Waals surface area contributed by atoms with Crippen molar-refractivity contribution in [2.75, 3.05) is 36.7 Å². The van der Waals surface area contributed by atoms with Crippen molar-refractivity contribution in [2.24, 2.45) is 0 Å². The number of nitrogens with one attached hydrogen (secondary N) is 2. The minimum atomic E-state index is -0.212. The van der Waals surface area contributed by atoms with Gasteiger partial charge in [0.05, 0.1) is 12.3 Å². The van der Waals surface area contributed by atoms with Crippen molar-refractivity contribution >= 4 is 41.0 Å². The zero-order valence-corrected chi connectivity index (χ0v) is 23.7. The second-order valence-corrected chi connectivity index (χ2v) is 10.7. The molecule has 0 aliphatic carbocycles. The molecular weight excluding hydrogens is 488 g/mol. The average Bonchev–Trinajstić information content (AvgIpc) is 2.90. The van der Waals surface area contributed by atoms with E-state index in [2.05, 4.69) is 17.6 Å². The van der Waals surface area contributed by atoms with Crippen molar-refractivity contribution in [1.82, 2.24) is 5.32 Å². The Bertz CT molecular complexity index is 919. The standard InChI is InChI=1S/C29H42N2O3S2/c1-4-5-6-7-8-9-10-11-12-20-34-25-16-13-23(14-17-25)29(33)31-26-22-24(15-18-27(26)36-3)28(32)30-19-21-35-2/h13-18,22H,4-12,19-21H2,1-3H3,(H,30,32)(H,31,33). The monoisotopic (exact) mass is 530 g/mol. The van der Waals surface area contributed by atoms with Crippen LogP contribution in [0.15, 0.2) is 47.4 Å². The van der Waals surface area contributed by atoms with Crippen LogP contribution < -0.4 is 15.4 Å². The molecular formula is C29H42N2O3S2. The van der Waals surface area contributed by atoms with Gasteiger partial charge >= 0.3 is 0 Å². The molecule has 36 heavy (non-hydrogen) atoms. The molecule has 2 aromatic carbocycles. The van der Waals surface area contributed by atoms with Crippen LogP contribution in [0, 0.1) is 0 Å². The Morgan fingerprint density at radius 1 is 0.806 bits per heavy atom. The summed E-state index contributed by atoms with van der Waals surface area (Å²) in [5, 5.41) is 5.87. The molecule has 0 heterocycles. The second-order valence-electron chi connectivity index (χ2n) is 8.82. The van der Waals surface area contributed by atoms with Gasteiger partial charge in [-0.1, -0.05) is 58.3 Å². The quantitative estimate of drug-likeness (QED) is 0.153. The lowest BCUT2D eigenvalue weighted by molar-refractivity contribution is 0.0954. The number of rotatable bonds is 18. The molecule has 0 aliphatic heterocycles. The second kappa shape index (κ2) is 18.2. The average molecular weight is 531 g/mol. The third kappa shape index (κ3) is 11.3. The number of carbonyl (C=O) groups excluding carboxylic acids is 2. The lowest BCUT2D eigenvalue weighted by Gasteiger charge is -2.12. The van der Waals surface area contributed by atoms with Gasteiger partial charge in [0, 0.05) is 28.3 Å². The number of thioether (sulfide) groups is 2. The number of ether oxygens (including phenoxy) is 1. The van der Waals surface area contributed by atoms with Crippen LogP contribution in [0.1, 0.15) is 85.4 Å². The van der Waals surface area contributed by atoms with E-state index in [0.717, 1.165) is 22.8 Å². The number of amides is 2. The SMILES string of the molecule is CCCCCCCCCCCOc1ccc(C(=O)Nc2cc(C(=O)NCCSC)ccc2SC)cc1. The third-order valence-electron chi connectivity index (χ3n) is 5.93. The first-order valence-electron chi connectivity index (χ1n) is 13.1. The van der Waals surface area contributed by atoms with Gasteiger partial charge in [0.2, 0.25) is 0 Å². The molecule has 0 spiro atoms. The highest BCUT2D eigenvalue weighted by Gasteiger charge is 2.13.